The van der Waals surface area contributed by atoms with Crippen molar-refractivity contribution in [1.82, 2.24) is 10.2 Å². The highest BCUT2D eigenvalue weighted by molar-refractivity contribution is 5.75. The Labute approximate surface area is 105 Å². The van der Waals surface area contributed by atoms with Gasteiger partial charge in [-0.2, -0.15) is 0 Å². The Bertz CT molecular complexity index is 273. The van der Waals surface area contributed by atoms with Gasteiger partial charge in [-0.3, -0.25) is 4.79 Å². The lowest BCUT2D eigenvalue weighted by Gasteiger charge is -2.14. The third-order valence-corrected chi connectivity index (χ3v) is 3.62. The molecule has 1 heterocycles. The summed E-state index contributed by atoms with van der Waals surface area (Å²) in [6, 6.07) is 0. The first kappa shape index (κ1) is 14.2. The minimum atomic E-state index is 0.179. The number of amides is 1. The van der Waals surface area contributed by atoms with Crippen LogP contribution in [0.1, 0.15) is 39.5 Å². The van der Waals surface area contributed by atoms with Crippen molar-refractivity contribution < 1.29 is 4.79 Å². The summed E-state index contributed by atoms with van der Waals surface area (Å²) in [6.45, 7) is 7.77. The Hall–Kier alpha value is -0.830. The highest BCUT2D eigenvalue weighted by Crippen LogP contribution is 2.19. The molecule has 1 N–H and O–H groups in total. The van der Waals surface area contributed by atoms with Gasteiger partial charge in [0.2, 0.25) is 5.91 Å². The lowest BCUT2D eigenvalue weighted by Crippen LogP contribution is -2.25. The molecule has 3 nitrogen and oxygen atoms in total. The summed E-state index contributed by atoms with van der Waals surface area (Å²) in [5, 5.41) is 2.71. The first-order chi connectivity index (χ1) is 8.15. The van der Waals surface area contributed by atoms with E-state index in [1.165, 1.54) is 12.0 Å². The van der Waals surface area contributed by atoms with Gasteiger partial charge in [-0.1, -0.05) is 18.6 Å². The van der Waals surface area contributed by atoms with Gasteiger partial charge < -0.3 is 10.2 Å². The van der Waals surface area contributed by atoms with Gasteiger partial charge in [0.05, 0.1) is 0 Å². The predicted octanol–water partition coefficient (Wildman–Crippen LogP) is 2.19. The largest absolute Gasteiger partial charge is 0.359 e. The van der Waals surface area contributed by atoms with E-state index in [9.17, 15) is 4.79 Å². The number of allylic oxidation sites excluding steroid dienone is 1. The summed E-state index contributed by atoms with van der Waals surface area (Å²) in [7, 11) is 1.72. The van der Waals surface area contributed by atoms with Gasteiger partial charge >= 0.3 is 0 Å². The van der Waals surface area contributed by atoms with Crippen molar-refractivity contribution >= 4 is 5.91 Å². The fourth-order valence-corrected chi connectivity index (χ4v) is 2.28. The molecule has 0 radical (unpaired) electrons. The average Bonchev–Trinajstić information content (AvgIpc) is 2.76. The first-order valence-electron chi connectivity index (χ1n) is 6.74. The molecular weight excluding hydrogens is 212 g/mol. The minimum absolute atomic E-state index is 0.179. The molecule has 0 saturated carbocycles. The molecule has 1 atom stereocenters. The van der Waals surface area contributed by atoms with Crippen LogP contribution >= 0.6 is 0 Å². The molecule has 0 aromatic heterocycles. The lowest BCUT2D eigenvalue weighted by molar-refractivity contribution is -0.121. The van der Waals surface area contributed by atoms with Gasteiger partial charge in [-0.05, 0) is 38.6 Å². The zero-order chi connectivity index (χ0) is 12.7. The lowest BCUT2D eigenvalue weighted by atomic mass is 10.0. The van der Waals surface area contributed by atoms with Crippen molar-refractivity contribution in [2.24, 2.45) is 5.92 Å². The van der Waals surface area contributed by atoms with Gasteiger partial charge in [-0.15, -0.1) is 0 Å². The number of rotatable bonds is 6. The SMILES string of the molecule is CC/C(C)=C/CCN1CC[C@H](CC(=O)NC)C1. The molecule has 1 aliphatic heterocycles. The van der Waals surface area contributed by atoms with E-state index in [2.05, 4.69) is 30.1 Å². The predicted molar refractivity (Wildman–Crippen MR) is 71.9 cm³/mol. The van der Waals surface area contributed by atoms with Crippen molar-refractivity contribution in [2.45, 2.75) is 39.5 Å². The molecule has 0 unspecified atom stereocenters. The van der Waals surface area contributed by atoms with Crippen molar-refractivity contribution in [3.05, 3.63) is 11.6 Å². The van der Waals surface area contributed by atoms with Crippen LogP contribution in [0.5, 0.6) is 0 Å². The van der Waals surface area contributed by atoms with Crippen LogP contribution in [0.15, 0.2) is 11.6 Å². The van der Waals surface area contributed by atoms with Crippen LogP contribution in [0.25, 0.3) is 0 Å². The molecule has 0 aliphatic carbocycles. The van der Waals surface area contributed by atoms with Crippen molar-refractivity contribution in [1.29, 1.82) is 0 Å². The molecule has 0 aromatic carbocycles. The quantitative estimate of drug-likeness (QED) is 0.719. The number of hydrogen-bond acceptors (Lipinski definition) is 2. The van der Waals surface area contributed by atoms with E-state index in [1.807, 2.05) is 0 Å². The van der Waals surface area contributed by atoms with Crippen LogP contribution in [0.2, 0.25) is 0 Å². The van der Waals surface area contributed by atoms with Gasteiger partial charge in [0.1, 0.15) is 0 Å². The summed E-state index contributed by atoms with van der Waals surface area (Å²) >= 11 is 0. The highest BCUT2D eigenvalue weighted by atomic mass is 16.1. The molecule has 98 valence electrons. The zero-order valence-corrected chi connectivity index (χ0v) is 11.5. The molecule has 0 aromatic rings. The monoisotopic (exact) mass is 238 g/mol. The first-order valence-corrected chi connectivity index (χ1v) is 6.74. The number of likely N-dealkylation sites (tertiary alicyclic amines) is 1. The van der Waals surface area contributed by atoms with Crippen LogP contribution in [-0.4, -0.2) is 37.5 Å². The Morgan fingerprint density at radius 3 is 2.94 bits per heavy atom. The van der Waals surface area contributed by atoms with Crippen LogP contribution < -0.4 is 5.32 Å². The average molecular weight is 238 g/mol. The summed E-state index contributed by atoms with van der Waals surface area (Å²) in [5.74, 6) is 0.741. The van der Waals surface area contributed by atoms with Crippen molar-refractivity contribution in [3.8, 4) is 0 Å². The maximum Gasteiger partial charge on any atom is 0.220 e. The van der Waals surface area contributed by atoms with Crippen LogP contribution in [0.4, 0.5) is 0 Å². The third kappa shape index (κ3) is 5.35. The highest BCUT2D eigenvalue weighted by Gasteiger charge is 2.23. The molecule has 1 amide bonds. The summed E-state index contributed by atoms with van der Waals surface area (Å²) < 4.78 is 0. The minimum Gasteiger partial charge on any atom is -0.359 e. The third-order valence-electron chi connectivity index (χ3n) is 3.62. The Morgan fingerprint density at radius 1 is 1.53 bits per heavy atom. The fraction of sp³-hybridized carbons (Fsp3) is 0.786. The van der Waals surface area contributed by atoms with E-state index >= 15 is 0 Å². The van der Waals surface area contributed by atoms with Gasteiger partial charge in [0.25, 0.3) is 0 Å². The molecular formula is C14H26N2O. The maximum absolute atomic E-state index is 11.3. The molecule has 17 heavy (non-hydrogen) atoms. The smallest absolute Gasteiger partial charge is 0.220 e. The molecule has 1 rings (SSSR count). The van der Waals surface area contributed by atoms with E-state index < -0.39 is 0 Å². The van der Waals surface area contributed by atoms with E-state index in [4.69, 9.17) is 0 Å². The fourth-order valence-electron chi connectivity index (χ4n) is 2.28. The van der Waals surface area contributed by atoms with Crippen LogP contribution in [-0.2, 0) is 4.79 Å². The van der Waals surface area contributed by atoms with Crippen molar-refractivity contribution in [3.63, 3.8) is 0 Å². The number of nitrogens with one attached hydrogen (secondary N) is 1. The Morgan fingerprint density at radius 2 is 2.29 bits per heavy atom. The zero-order valence-electron chi connectivity index (χ0n) is 11.5. The molecule has 0 bridgehead atoms. The molecule has 0 spiro atoms. The van der Waals surface area contributed by atoms with Crippen LogP contribution in [0, 0.1) is 5.92 Å². The standard InChI is InChI=1S/C14H26N2O/c1-4-12(2)6-5-8-16-9-7-13(11-16)10-14(17)15-3/h6,13H,4-5,7-11H2,1-3H3,(H,15,17)/b12-6+/t13-/m1/s1. The second-order valence-electron chi connectivity index (χ2n) is 5.03. The summed E-state index contributed by atoms with van der Waals surface area (Å²) in [5.41, 5.74) is 1.48. The van der Waals surface area contributed by atoms with Crippen molar-refractivity contribution in [2.75, 3.05) is 26.7 Å². The van der Waals surface area contributed by atoms with Gasteiger partial charge in [0.15, 0.2) is 0 Å². The Balaban J connectivity index is 2.19. The normalized spacial score (nSPS) is 21.8. The second kappa shape index (κ2) is 7.49. The molecule has 3 heteroatoms. The Kier molecular flexibility index (Phi) is 6.27. The molecule has 1 fully saturated rings. The van der Waals surface area contributed by atoms with E-state index in [1.54, 1.807) is 7.05 Å². The number of carbonyl (C=O) groups excluding carboxylic acids is 1. The second-order valence-corrected chi connectivity index (χ2v) is 5.03. The summed E-state index contributed by atoms with van der Waals surface area (Å²) in [4.78, 5) is 13.8. The molecule has 1 aliphatic rings. The van der Waals surface area contributed by atoms with Gasteiger partial charge in [-0.25, -0.2) is 0 Å². The number of nitrogens with zero attached hydrogens (tertiary/aromatic N) is 1. The van der Waals surface area contributed by atoms with Gasteiger partial charge in [0, 0.05) is 26.6 Å². The van der Waals surface area contributed by atoms with Crippen LogP contribution in [0.3, 0.4) is 0 Å². The van der Waals surface area contributed by atoms with E-state index in [-0.39, 0.29) is 5.91 Å². The summed E-state index contributed by atoms with van der Waals surface area (Å²) in [6.07, 6.45) is 6.50. The number of carbonyl (C=O) groups is 1. The van der Waals surface area contributed by atoms with E-state index in [0.717, 1.165) is 32.5 Å². The maximum atomic E-state index is 11.3. The van der Waals surface area contributed by atoms with E-state index in [0.29, 0.717) is 12.3 Å². The number of hydrogen-bond donors (Lipinski definition) is 1. The molecule has 1 saturated heterocycles. The topological polar surface area (TPSA) is 32.3 Å².